The van der Waals surface area contributed by atoms with Gasteiger partial charge in [-0.05, 0) is 18.2 Å². The normalized spacial score (nSPS) is 12.2. The van der Waals surface area contributed by atoms with Crippen molar-refractivity contribution >= 4 is 17.3 Å². The Hall–Kier alpha value is -1.94. The molecule has 10 heteroatoms. The van der Waals surface area contributed by atoms with Gasteiger partial charge in [-0.15, -0.1) is 0 Å². The van der Waals surface area contributed by atoms with Crippen LogP contribution in [0.5, 0.6) is 0 Å². The van der Waals surface area contributed by atoms with Crippen molar-refractivity contribution in [1.29, 1.82) is 0 Å². The van der Waals surface area contributed by atoms with Crippen molar-refractivity contribution in [3.8, 4) is 0 Å². The highest BCUT2D eigenvalue weighted by Crippen LogP contribution is 2.36. The van der Waals surface area contributed by atoms with E-state index in [9.17, 15) is 32.0 Å². The molecule has 0 saturated heterocycles. The van der Waals surface area contributed by atoms with Crippen LogP contribution in [-0.4, -0.2) is 23.2 Å². The van der Waals surface area contributed by atoms with E-state index in [4.69, 9.17) is 5.21 Å². The Morgan fingerprint density at radius 3 is 2.32 bits per heavy atom. The van der Waals surface area contributed by atoms with E-state index in [0.717, 1.165) is 24.3 Å². The summed E-state index contributed by atoms with van der Waals surface area (Å²) < 4.78 is 60.9. The predicted molar refractivity (Wildman–Crippen MR) is 53.7 cm³/mol. The average Bonchev–Trinajstić information content (AvgIpc) is 2.27. The van der Waals surface area contributed by atoms with E-state index in [0.29, 0.717) is 0 Å². The smallest absolute Gasteiger partial charge is 0.463 e. The summed E-state index contributed by atoms with van der Waals surface area (Å²) in [6.45, 7) is 0. The fourth-order valence-electron chi connectivity index (χ4n) is 1.04. The standard InChI is InChI=1S/C9H6F5N2O3/c10-8(11,9(12,13)14)7(17)15-5-2-1-3-6(4-5)16(18)19/h1-4,18H,(H,15,17)/q-1. The van der Waals surface area contributed by atoms with Gasteiger partial charge >= 0.3 is 18.0 Å². The summed E-state index contributed by atoms with van der Waals surface area (Å²) >= 11 is 0. The maximum atomic E-state index is 12.6. The zero-order chi connectivity index (χ0) is 14.8. The van der Waals surface area contributed by atoms with Crippen LogP contribution in [0.2, 0.25) is 0 Å². The second kappa shape index (κ2) is 4.97. The van der Waals surface area contributed by atoms with Gasteiger partial charge in [-0.2, -0.15) is 22.0 Å². The zero-order valence-corrected chi connectivity index (χ0v) is 8.91. The molecule has 0 aliphatic carbocycles. The van der Waals surface area contributed by atoms with Crippen molar-refractivity contribution in [2.45, 2.75) is 12.1 Å². The number of anilines is 2. The van der Waals surface area contributed by atoms with Gasteiger partial charge in [0, 0.05) is 5.69 Å². The minimum absolute atomic E-state index is 0.451. The highest BCUT2D eigenvalue weighted by atomic mass is 19.4. The van der Waals surface area contributed by atoms with Gasteiger partial charge in [-0.25, -0.2) is 0 Å². The van der Waals surface area contributed by atoms with E-state index in [1.54, 1.807) is 0 Å². The Kier molecular flexibility index (Phi) is 3.96. The molecule has 5 nitrogen and oxygen atoms in total. The molecule has 0 atom stereocenters. The summed E-state index contributed by atoms with van der Waals surface area (Å²) in [5.74, 6) is -8.16. The molecule has 0 unspecified atom stereocenters. The average molecular weight is 285 g/mol. The molecular weight excluding hydrogens is 279 g/mol. The molecule has 0 fully saturated rings. The van der Waals surface area contributed by atoms with Crippen molar-refractivity contribution in [3.63, 3.8) is 0 Å². The Morgan fingerprint density at radius 2 is 1.84 bits per heavy atom. The molecular formula is C9H6F5N2O3-. The molecule has 0 aliphatic rings. The van der Waals surface area contributed by atoms with E-state index in [1.165, 1.54) is 5.32 Å². The van der Waals surface area contributed by atoms with E-state index in [2.05, 4.69) is 0 Å². The number of benzene rings is 1. The molecule has 2 N–H and O–H groups in total. The van der Waals surface area contributed by atoms with Crippen molar-refractivity contribution in [3.05, 3.63) is 29.5 Å². The van der Waals surface area contributed by atoms with Crippen LogP contribution in [0.15, 0.2) is 24.3 Å². The number of hydrogen-bond donors (Lipinski definition) is 2. The van der Waals surface area contributed by atoms with Crippen LogP contribution in [0, 0.1) is 5.21 Å². The summed E-state index contributed by atoms with van der Waals surface area (Å²) in [5.41, 5.74) is -0.950. The largest absolute Gasteiger partial charge is 0.733 e. The molecule has 0 spiro atoms. The molecule has 1 aromatic carbocycles. The number of nitrogens with one attached hydrogen (secondary N) is 1. The fraction of sp³-hybridized carbons (Fsp3) is 0.222. The topological polar surface area (TPSA) is 75.6 Å². The lowest BCUT2D eigenvalue weighted by molar-refractivity contribution is -0.267. The Balaban J connectivity index is 2.92. The molecule has 1 aromatic rings. The monoisotopic (exact) mass is 285 g/mol. The second-order valence-corrected chi connectivity index (χ2v) is 3.35. The van der Waals surface area contributed by atoms with Gasteiger partial charge in [0.05, 0.1) is 5.69 Å². The molecule has 1 amide bonds. The Morgan fingerprint density at radius 1 is 1.26 bits per heavy atom. The number of carbonyl (C=O) groups excluding carboxylic acids is 1. The van der Waals surface area contributed by atoms with E-state index >= 15 is 0 Å². The number of rotatable bonds is 3. The van der Waals surface area contributed by atoms with Gasteiger partial charge in [0.15, 0.2) is 0 Å². The molecule has 106 valence electrons. The maximum absolute atomic E-state index is 12.6. The molecule has 0 saturated carbocycles. The number of carbonyl (C=O) groups is 1. The number of alkyl halides is 5. The number of nitrogens with zero attached hydrogens (tertiary/aromatic N) is 1. The second-order valence-electron chi connectivity index (χ2n) is 3.35. The third-order valence-corrected chi connectivity index (χ3v) is 1.97. The van der Waals surface area contributed by atoms with Gasteiger partial charge in [-0.3, -0.25) is 10.0 Å². The van der Waals surface area contributed by atoms with Gasteiger partial charge in [0.1, 0.15) is 0 Å². The van der Waals surface area contributed by atoms with Crippen molar-refractivity contribution in [1.82, 2.24) is 0 Å². The first-order valence-corrected chi connectivity index (χ1v) is 4.58. The summed E-state index contributed by atoms with van der Waals surface area (Å²) in [7, 11) is 0. The summed E-state index contributed by atoms with van der Waals surface area (Å²) in [6.07, 6.45) is -6.03. The minimum atomic E-state index is -6.03. The zero-order valence-electron chi connectivity index (χ0n) is 8.91. The van der Waals surface area contributed by atoms with Crippen LogP contribution in [0.3, 0.4) is 0 Å². The Labute approximate surface area is 102 Å². The van der Waals surface area contributed by atoms with Crippen LogP contribution < -0.4 is 10.5 Å². The van der Waals surface area contributed by atoms with Crippen molar-refractivity contribution in [2.24, 2.45) is 0 Å². The molecule has 1 rings (SSSR count). The van der Waals surface area contributed by atoms with Crippen LogP contribution in [0.25, 0.3) is 0 Å². The van der Waals surface area contributed by atoms with E-state index < -0.39 is 34.6 Å². The first-order valence-electron chi connectivity index (χ1n) is 4.58. The molecule has 0 radical (unpaired) electrons. The summed E-state index contributed by atoms with van der Waals surface area (Å²) in [6, 6.07) is 3.80. The molecule has 19 heavy (non-hydrogen) atoms. The third kappa shape index (κ3) is 3.29. The highest BCUT2D eigenvalue weighted by molar-refractivity contribution is 5.97. The molecule has 0 bridgehead atoms. The lowest BCUT2D eigenvalue weighted by Crippen LogP contribution is -2.47. The van der Waals surface area contributed by atoms with E-state index in [1.807, 2.05) is 0 Å². The molecule has 0 heterocycles. The van der Waals surface area contributed by atoms with Gasteiger partial charge in [0.2, 0.25) is 0 Å². The van der Waals surface area contributed by atoms with Gasteiger partial charge in [0.25, 0.3) is 0 Å². The first-order chi connectivity index (χ1) is 8.55. The molecule has 0 aromatic heterocycles. The number of halogens is 5. The summed E-state index contributed by atoms with van der Waals surface area (Å²) in [4.78, 5) is 10.8. The predicted octanol–water partition coefficient (Wildman–Crippen LogP) is 2.52. The lowest BCUT2D eigenvalue weighted by Gasteiger charge is -2.23. The fourth-order valence-corrected chi connectivity index (χ4v) is 1.04. The highest BCUT2D eigenvalue weighted by Gasteiger charge is 2.63. The maximum Gasteiger partial charge on any atom is 0.463 e. The van der Waals surface area contributed by atoms with Gasteiger partial charge in [-0.1, -0.05) is 6.07 Å². The SMILES string of the molecule is O=C(Nc1cccc(N([O-])O)c1)C(F)(F)C(F)(F)F. The first kappa shape index (κ1) is 15.1. The van der Waals surface area contributed by atoms with Crippen molar-refractivity contribution in [2.75, 3.05) is 10.5 Å². The lowest BCUT2D eigenvalue weighted by atomic mass is 10.2. The number of amides is 1. The van der Waals surface area contributed by atoms with Gasteiger partial charge < -0.3 is 15.8 Å². The molecule has 0 aliphatic heterocycles. The summed E-state index contributed by atoms with van der Waals surface area (Å²) in [5, 5.41) is 19.6. The van der Waals surface area contributed by atoms with E-state index in [-0.39, 0.29) is 0 Å². The van der Waals surface area contributed by atoms with Crippen LogP contribution in [0.4, 0.5) is 33.3 Å². The Bertz CT molecular complexity index is 475. The van der Waals surface area contributed by atoms with Crippen LogP contribution in [0.1, 0.15) is 0 Å². The quantitative estimate of drug-likeness (QED) is 0.661. The van der Waals surface area contributed by atoms with Crippen LogP contribution >= 0.6 is 0 Å². The third-order valence-electron chi connectivity index (χ3n) is 1.97. The minimum Gasteiger partial charge on any atom is -0.733 e. The van der Waals surface area contributed by atoms with Crippen LogP contribution in [-0.2, 0) is 4.79 Å². The van der Waals surface area contributed by atoms with Crippen molar-refractivity contribution < 1.29 is 32.0 Å². The number of hydrogen-bond acceptors (Lipinski definition) is 4.